The van der Waals surface area contributed by atoms with Crippen LogP contribution in [0.5, 0.6) is 0 Å². The first-order valence-corrected chi connectivity index (χ1v) is 8.02. The van der Waals surface area contributed by atoms with Crippen LogP contribution in [0.15, 0.2) is 9.59 Å². The molecule has 118 valence electrons. The zero-order chi connectivity index (χ0) is 15.2. The van der Waals surface area contributed by atoms with E-state index in [1.807, 2.05) is 6.92 Å². The number of nitrogens with one attached hydrogen (secondary N) is 2. The van der Waals surface area contributed by atoms with Crippen LogP contribution in [0.3, 0.4) is 0 Å². The van der Waals surface area contributed by atoms with Gasteiger partial charge < -0.3 is 11.1 Å². The summed E-state index contributed by atoms with van der Waals surface area (Å²) in [6.45, 7) is 2.49. The Balaban J connectivity index is 2.24. The third-order valence-electron chi connectivity index (χ3n) is 4.14. The third-order valence-corrected chi connectivity index (χ3v) is 4.14. The number of nitrogens with zero attached hydrogens (tertiary/aromatic N) is 1. The van der Waals surface area contributed by atoms with Gasteiger partial charge in [0.25, 0.3) is 5.56 Å². The van der Waals surface area contributed by atoms with Crippen molar-refractivity contribution in [1.29, 1.82) is 0 Å². The van der Waals surface area contributed by atoms with Crippen LogP contribution in [0.4, 0.5) is 11.5 Å². The van der Waals surface area contributed by atoms with E-state index in [1.54, 1.807) is 0 Å². The van der Waals surface area contributed by atoms with Gasteiger partial charge in [-0.3, -0.25) is 14.3 Å². The summed E-state index contributed by atoms with van der Waals surface area (Å²) in [5, 5.41) is 3.28. The molecule has 4 N–H and O–H groups in total. The topological polar surface area (TPSA) is 92.9 Å². The number of H-pyrrole nitrogens is 1. The minimum atomic E-state index is -0.428. The molecule has 1 heterocycles. The Hall–Kier alpha value is -1.72. The van der Waals surface area contributed by atoms with Crippen LogP contribution < -0.4 is 22.3 Å². The van der Waals surface area contributed by atoms with Gasteiger partial charge in [0, 0.05) is 12.6 Å². The molecule has 1 saturated carbocycles. The Labute approximate surface area is 124 Å². The Kier molecular flexibility index (Phi) is 5.47. The van der Waals surface area contributed by atoms with Gasteiger partial charge in [0.1, 0.15) is 11.5 Å². The molecular formula is C15H26N4O2. The van der Waals surface area contributed by atoms with Gasteiger partial charge in [0.2, 0.25) is 0 Å². The lowest BCUT2D eigenvalue weighted by Crippen LogP contribution is -2.36. The molecule has 6 heteroatoms. The molecule has 0 atom stereocenters. The molecule has 0 aliphatic heterocycles. The Bertz CT molecular complexity index is 568. The van der Waals surface area contributed by atoms with E-state index in [4.69, 9.17) is 5.73 Å². The van der Waals surface area contributed by atoms with E-state index in [-0.39, 0.29) is 11.9 Å². The average Bonchev–Trinajstić information content (AvgIpc) is 2.41. The number of rotatable bonds is 4. The van der Waals surface area contributed by atoms with E-state index >= 15 is 0 Å². The van der Waals surface area contributed by atoms with Crippen LogP contribution in [0.2, 0.25) is 0 Å². The van der Waals surface area contributed by atoms with Gasteiger partial charge in [0.15, 0.2) is 0 Å². The molecule has 1 aromatic rings. The summed E-state index contributed by atoms with van der Waals surface area (Å²) in [4.78, 5) is 26.2. The second kappa shape index (κ2) is 7.33. The lowest BCUT2D eigenvalue weighted by atomic mass is 9.96. The molecule has 0 aromatic carbocycles. The summed E-state index contributed by atoms with van der Waals surface area (Å²) in [6.07, 6.45) is 9.03. The summed E-state index contributed by atoms with van der Waals surface area (Å²) in [5.41, 5.74) is 5.56. The molecule has 21 heavy (non-hydrogen) atoms. The molecule has 1 fully saturated rings. The standard InChI is InChI=1S/C15H26N4O2/c1-2-10-19-13(16)12(14(20)18-15(19)21)17-11-8-6-4-3-5-7-9-11/h11,17H,2-10,16H2,1H3,(H,18,20,21). The van der Waals surface area contributed by atoms with Crippen molar-refractivity contribution < 1.29 is 0 Å². The smallest absolute Gasteiger partial charge is 0.330 e. The lowest BCUT2D eigenvalue weighted by Gasteiger charge is -2.23. The number of hydrogen-bond donors (Lipinski definition) is 3. The van der Waals surface area contributed by atoms with Gasteiger partial charge in [-0.05, 0) is 19.3 Å². The van der Waals surface area contributed by atoms with Crippen molar-refractivity contribution in [3.8, 4) is 0 Å². The highest BCUT2D eigenvalue weighted by molar-refractivity contribution is 5.60. The average molecular weight is 294 g/mol. The number of anilines is 2. The van der Waals surface area contributed by atoms with E-state index in [2.05, 4.69) is 10.3 Å². The van der Waals surface area contributed by atoms with E-state index in [0.29, 0.717) is 12.2 Å². The second-order valence-corrected chi connectivity index (χ2v) is 5.86. The first kappa shape index (κ1) is 15.7. The summed E-state index contributed by atoms with van der Waals surface area (Å²) >= 11 is 0. The monoisotopic (exact) mass is 294 g/mol. The molecule has 2 rings (SSSR count). The normalized spacial score (nSPS) is 17.2. The summed E-state index contributed by atoms with van der Waals surface area (Å²) in [6, 6.07) is 0.265. The summed E-state index contributed by atoms with van der Waals surface area (Å²) in [5.74, 6) is 0.257. The maximum absolute atomic E-state index is 12.0. The minimum absolute atomic E-state index is 0.257. The minimum Gasteiger partial charge on any atom is -0.383 e. The molecular weight excluding hydrogens is 268 g/mol. The molecule has 1 aliphatic rings. The van der Waals surface area contributed by atoms with Crippen molar-refractivity contribution in [2.45, 2.75) is 70.9 Å². The fourth-order valence-corrected chi connectivity index (χ4v) is 2.98. The van der Waals surface area contributed by atoms with Crippen LogP contribution in [-0.4, -0.2) is 15.6 Å². The van der Waals surface area contributed by atoms with Crippen LogP contribution in [0.25, 0.3) is 0 Å². The van der Waals surface area contributed by atoms with Crippen molar-refractivity contribution in [3.63, 3.8) is 0 Å². The largest absolute Gasteiger partial charge is 0.383 e. The van der Waals surface area contributed by atoms with Gasteiger partial charge in [-0.2, -0.15) is 0 Å². The molecule has 0 spiro atoms. The first-order chi connectivity index (χ1) is 10.1. The Morgan fingerprint density at radius 3 is 2.43 bits per heavy atom. The number of aromatic nitrogens is 2. The quantitative estimate of drug-likeness (QED) is 0.792. The molecule has 1 aromatic heterocycles. The number of hydrogen-bond acceptors (Lipinski definition) is 4. The van der Waals surface area contributed by atoms with Crippen molar-refractivity contribution >= 4 is 11.5 Å². The van der Waals surface area contributed by atoms with E-state index < -0.39 is 11.2 Å². The lowest BCUT2D eigenvalue weighted by molar-refractivity contribution is 0.471. The molecule has 6 nitrogen and oxygen atoms in total. The van der Waals surface area contributed by atoms with E-state index in [9.17, 15) is 9.59 Å². The number of nitrogen functional groups attached to an aromatic ring is 1. The van der Waals surface area contributed by atoms with Crippen molar-refractivity contribution in [1.82, 2.24) is 9.55 Å². The van der Waals surface area contributed by atoms with Gasteiger partial charge in [0.05, 0.1) is 0 Å². The zero-order valence-electron chi connectivity index (χ0n) is 12.8. The van der Waals surface area contributed by atoms with Crippen molar-refractivity contribution in [3.05, 3.63) is 20.8 Å². The molecule has 0 radical (unpaired) electrons. The summed E-state index contributed by atoms with van der Waals surface area (Å²) in [7, 11) is 0. The van der Waals surface area contributed by atoms with Crippen LogP contribution in [0, 0.1) is 0 Å². The van der Waals surface area contributed by atoms with Gasteiger partial charge in [-0.1, -0.05) is 39.0 Å². The van der Waals surface area contributed by atoms with Gasteiger partial charge in [-0.15, -0.1) is 0 Å². The van der Waals surface area contributed by atoms with Crippen LogP contribution >= 0.6 is 0 Å². The highest BCUT2D eigenvalue weighted by Crippen LogP contribution is 2.21. The predicted molar refractivity (Wildman–Crippen MR) is 85.8 cm³/mol. The third kappa shape index (κ3) is 3.89. The zero-order valence-corrected chi connectivity index (χ0v) is 12.8. The van der Waals surface area contributed by atoms with Crippen LogP contribution in [-0.2, 0) is 6.54 Å². The first-order valence-electron chi connectivity index (χ1n) is 8.02. The predicted octanol–water partition coefficient (Wildman–Crippen LogP) is 2.05. The second-order valence-electron chi connectivity index (χ2n) is 5.86. The van der Waals surface area contributed by atoms with Crippen molar-refractivity contribution in [2.75, 3.05) is 11.1 Å². The van der Waals surface area contributed by atoms with E-state index in [0.717, 1.165) is 19.3 Å². The number of nitrogens with two attached hydrogens (primary N) is 1. The molecule has 0 unspecified atom stereocenters. The highest BCUT2D eigenvalue weighted by Gasteiger charge is 2.17. The van der Waals surface area contributed by atoms with E-state index in [1.165, 1.54) is 36.7 Å². The Morgan fingerprint density at radius 2 is 1.81 bits per heavy atom. The molecule has 0 saturated heterocycles. The SMILES string of the molecule is CCCn1c(N)c(NC2CCCCCCC2)c(=O)[nH]c1=O. The molecule has 0 bridgehead atoms. The fourth-order valence-electron chi connectivity index (χ4n) is 2.98. The molecule has 0 amide bonds. The van der Waals surface area contributed by atoms with Crippen molar-refractivity contribution in [2.24, 2.45) is 0 Å². The summed E-state index contributed by atoms with van der Waals surface area (Å²) < 4.78 is 1.44. The number of aromatic amines is 1. The maximum Gasteiger partial charge on any atom is 0.330 e. The van der Waals surface area contributed by atoms with Gasteiger partial charge in [-0.25, -0.2) is 4.79 Å². The maximum atomic E-state index is 12.0. The highest BCUT2D eigenvalue weighted by atomic mass is 16.2. The van der Waals surface area contributed by atoms with Gasteiger partial charge >= 0.3 is 5.69 Å². The Morgan fingerprint density at radius 1 is 1.19 bits per heavy atom. The molecule has 1 aliphatic carbocycles. The van der Waals surface area contributed by atoms with Crippen LogP contribution in [0.1, 0.15) is 58.3 Å². The fraction of sp³-hybridized carbons (Fsp3) is 0.733.